The van der Waals surface area contributed by atoms with Crippen LogP contribution < -0.4 is 5.32 Å². The first-order chi connectivity index (χ1) is 8.04. The van der Waals surface area contributed by atoms with Crippen molar-refractivity contribution in [2.75, 3.05) is 6.54 Å². The Morgan fingerprint density at radius 1 is 1.53 bits per heavy atom. The van der Waals surface area contributed by atoms with Gasteiger partial charge in [0.1, 0.15) is 12.2 Å². The summed E-state index contributed by atoms with van der Waals surface area (Å²) >= 11 is 0. The number of carbonyl (C=O) groups excluding carboxylic acids is 1. The number of hydrogen-bond donors (Lipinski definition) is 4. The van der Waals surface area contributed by atoms with E-state index in [2.05, 4.69) is 10.3 Å². The Labute approximate surface area is 98.9 Å². The first-order valence-corrected chi connectivity index (χ1v) is 5.21. The van der Waals surface area contributed by atoms with Crippen molar-refractivity contribution in [3.63, 3.8) is 0 Å². The third kappa shape index (κ3) is 4.10. The Kier molecular flexibility index (Phi) is 5.02. The standard InChI is InChI=1S/C11H16N2O4/c1-7(15)13-5-10(16)11(17)9-4-8(6-14)2-3-12-9/h2-4,10-11,14,16-17H,5-6H2,1H3,(H,13,15). The van der Waals surface area contributed by atoms with Crippen LogP contribution in [0.4, 0.5) is 0 Å². The summed E-state index contributed by atoms with van der Waals surface area (Å²) in [4.78, 5) is 14.6. The van der Waals surface area contributed by atoms with Gasteiger partial charge in [-0.1, -0.05) is 0 Å². The Morgan fingerprint density at radius 2 is 2.24 bits per heavy atom. The molecule has 1 amide bonds. The molecule has 6 nitrogen and oxygen atoms in total. The Balaban J connectivity index is 2.66. The van der Waals surface area contributed by atoms with Gasteiger partial charge in [-0.05, 0) is 17.7 Å². The fourth-order valence-electron chi connectivity index (χ4n) is 1.31. The lowest BCUT2D eigenvalue weighted by Crippen LogP contribution is -2.34. The normalized spacial score (nSPS) is 14.1. The third-order valence-corrected chi connectivity index (χ3v) is 2.26. The van der Waals surface area contributed by atoms with Crippen LogP contribution in [-0.4, -0.2) is 38.9 Å². The van der Waals surface area contributed by atoms with Gasteiger partial charge in [-0.2, -0.15) is 0 Å². The number of amides is 1. The Bertz CT molecular complexity index is 383. The molecule has 0 aromatic carbocycles. The zero-order chi connectivity index (χ0) is 12.8. The molecule has 0 aliphatic heterocycles. The number of carbonyl (C=O) groups is 1. The molecule has 17 heavy (non-hydrogen) atoms. The van der Waals surface area contributed by atoms with E-state index in [0.717, 1.165) is 0 Å². The molecule has 0 saturated heterocycles. The molecule has 1 heterocycles. The van der Waals surface area contributed by atoms with Gasteiger partial charge in [-0.3, -0.25) is 9.78 Å². The number of aliphatic hydroxyl groups is 3. The SMILES string of the molecule is CC(=O)NCC(O)C(O)c1cc(CO)ccn1. The zero-order valence-electron chi connectivity index (χ0n) is 9.50. The summed E-state index contributed by atoms with van der Waals surface area (Å²) in [6, 6.07) is 3.11. The van der Waals surface area contributed by atoms with Gasteiger partial charge < -0.3 is 20.6 Å². The second-order valence-electron chi connectivity index (χ2n) is 3.70. The maximum atomic E-state index is 10.7. The maximum Gasteiger partial charge on any atom is 0.216 e. The van der Waals surface area contributed by atoms with E-state index in [4.69, 9.17) is 5.11 Å². The number of nitrogens with one attached hydrogen (secondary N) is 1. The molecule has 0 fully saturated rings. The number of rotatable bonds is 5. The van der Waals surface area contributed by atoms with Gasteiger partial charge in [0.25, 0.3) is 0 Å². The second kappa shape index (κ2) is 6.29. The average molecular weight is 240 g/mol. The third-order valence-electron chi connectivity index (χ3n) is 2.26. The highest BCUT2D eigenvalue weighted by molar-refractivity contribution is 5.72. The van der Waals surface area contributed by atoms with Crippen LogP contribution in [0.3, 0.4) is 0 Å². The van der Waals surface area contributed by atoms with Crippen molar-refractivity contribution in [1.82, 2.24) is 10.3 Å². The van der Waals surface area contributed by atoms with Gasteiger partial charge in [0.05, 0.1) is 12.3 Å². The lowest BCUT2D eigenvalue weighted by atomic mass is 10.1. The molecule has 2 unspecified atom stereocenters. The van der Waals surface area contributed by atoms with Crippen molar-refractivity contribution >= 4 is 5.91 Å². The van der Waals surface area contributed by atoms with Crippen molar-refractivity contribution in [2.45, 2.75) is 25.7 Å². The molecular weight excluding hydrogens is 224 g/mol. The molecule has 4 N–H and O–H groups in total. The van der Waals surface area contributed by atoms with Crippen LogP contribution in [0.5, 0.6) is 0 Å². The van der Waals surface area contributed by atoms with Crippen molar-refractivity contribution in [1.29, 1.82) is 0 Å². The van der Waals surface area contributed by atoms with Gasteiger partial charge >= 0.3 is 0 Å². The van der Waals surface area contributed by atoms with E-state index in [1.54, 1.807) is 6.07 Å². The molecule has 6 heteroatoms. The fourth-order valence-corrected chi connectivity index (χ4v) is 1.31. The first-order valence-electron chi connectivity index (χ1n) is 5.21. The summed E-state index contributed by atoms with van der Waals surface area (Å²) in [5.74, 6) is -0.284. The topological polar surface area (TPSA) is 103 Å². The van der Waals surface area contributed by atoms with Gasteiger partial charge in [0.2, 0.25) is 5.91 Å². The lowest BCUT2D eigenvalue weighted by Gasteiger charge is -2.17. The highest BCUT2D eigenvalue weighted by Crippen LogP contribution is 2.15. The minimum absolute atomic E-state index is 0.0540. The molecule has 0 bridgehead atoms. The van der Waals surface area contributed by atoms with E-state index in [1.165, 1.54) is 19.2 Å². The first kappa shape index (κ1) is 13.6. The van der Waals surface area contributed by atoms with E-state index >= 15 is 0 Å². The lowest BCUT2D eigenvalue weighted by molar-refractivity contribution is -0.119. The van der Waals surface area contributed by atoms with Crippen LogP contribution in [0.1, 0.15) is 24.3 Å². The van der Waals surface area contributed by atoms with Crippen molar-refractivity contribution in [3.05, 3.63) is 29.6 Å². The van der Waals surface area contributed by atoms with Gasteiger partial charge in [0, 0.05) is 19.7 Å². The number of pyridine rings is 1. The summed E-state index contributed by atoms with van der Waals surface area (Å²) in [6.45, 7) is 1.11. The molecule has 0 aliphatic carbocycles. The van der Waals surface area contributed by atoms with E-state index < -0.39 is 12.2 Å². The highest BCUT2D eigenvalue weighted by atomic mass is 16.3. The molecule has 94 valence electrons. The van der Waals surface area contributed by atoms with Crippen LogP contribution in [0.25, 0.3) is 0 Å². The summed E-state index contributed by atoms with van der Waals surface area (Å²) in [5.41, 5.74) is 0.857. The van der Waals surface area contributed by atoms with Crippen LogP contribution in [0.15, 0.2) is 18.3 Å². The second-order valence-corrected chi connectivity index (χ2v) is 3.70. The van der Waals surface area contributed by atoms with Crippen molar-refractivity contribution in [3.8, 4) is 0 Å². The zero-order valence-corrected chi connectivity index (χ0v) is 9.50. The predicted molar refractivity (Wildman–Crippen MR) is 59.8 cm³/mol. The Morgan fingerprint density at radius 3 is 2.82 bits per heavy atom. The molecule has 0 aliphatic rings. The number of nitrogens with zero attached hydrogens (tertiary/aromatic N) is 1. The summed E-state index contributed by atoms with van der Waals surface area (Å²) < 4.78 is 0. The maximum absolute atomic E-state index is 10.7. The molecule has 1 aromatic rings. The molecular formula is C11H16N2O4. The minimum atomic E-state index is -1.20. The molecule has 1 aromatic heterocycles. The molecule has 0 spiro atoms. The monoisotopic (exact) mass is 240 g/mol. The Hall–Kier alpha value is -1.50. The van der Waals surface area contributed by atoms with Gasteiger partial charge in [0.15, 0.2) is 0 Å². The van der Waals surface area contributed by atoms with Crippen LogP contribution in [0, 0.1) is 0 Å². The van der Waals surface area contributed by atoms with Crippen LogP contribution in [-0.2, 0) is 11.4 Å². The molecule has 1 rings (SSSR count). The smallest absolute Gasteiger partial charge is 0.216 e. The number of hydrogen-bond acceptors (Lipinski definition) is 5. The summed E-state index contributed by atoms with van der Waals surface area (Å²) in [7, 11) is 0. The average Bonchev–Trinajstić information content (AvgIpc) is 2.35. The molecule has 0 radical (unpaired) electrons. The summed E-state index contributed by atoms with van der Waals surface area (Å²) in [5, 5.41) is 30.7. The predicted octanol–water partition coefficient (Wildman–Crippen LogP) is -0.896. The van der Waals surface area contributed by atoms with E-state index in [9.17, 15) is 15.0 Å². The van der Waals surface area contributed by atoms with Crippen LogP contribution in [0.2, 0.25) is 0 Å². The largest absolute Gasteiger partial charge is 0.392 e. The van der Waals surface area contributed by atoms with Crippen molar-refractivity contribution < 1.29 is 20.1 Å². The van der Waals surface area contributed by atoms with Gasteiger partial charge in [-0.15, -0.1) is 0 Å². The van der Waals surface area contributed by atoms with E-state index in [0.29, 0.717) is 5.56 Å². The highest BCUT2D eigenvalue weighted by Gasteiger charge is 2.19. The quantitative estimate of drug-likeness (QED) is 0.534. The van der Waals surface area contributed by atoms with Crippen molar-refractivity contribution in [2.24, 2.45) is 0 Å². The van der Waals surface area contributed by atoms with Crippen LogP contribution >= 0.6 is 0 Å². The van der Waals surface area contributed by atoms with E-state index in [1.807, 2.05) is 0 Å². The number of aromatic nitrogens is 1. The fraction of sp³-hybridized carbons (Fsp3) is 0.455. The summed E-state index contributed by atoms with van der Waals surface area (Å²) in [6.07, 6.45) is -0.899. The molecule has 2 atom stereocenters. The minimum Gasteiger partial charge on any atom is -0.392 e. The molecule has 0 saturated carbocycles. The van der Waals surface area contributed by atoms with Gasteiger partial charge in [-0.25, -0.2) is 0 Å². The van der Waals surface area contributed by atoms with E-state index in [-0.39, 0.29) is 24.8 Å². The number of aliphatic hydroxyl groups excluding tert-OH is 3.